The smallest absolute Gasteiger partial charge is 0.0587 e. The number of methoxy groups -OCH3 is 1. The standard InChI is InChI=1S/C11H25N3O/c1-13-7-9-14(10-8-13)6-3-4-12-5-11-15-2/h12H,3-11H2,1-2H3. The normalized spacial score (nSPS) is 19.6. The lowest BCUT2D eigenvalue weighted by atomic mass is 10.3. The van der Waals surface area contributed by atoms with E-state index in [1.54, 1.807) is 7.11 Å². The maximum atomic E-state index is 4.97. The van der Waals surface area contributed by atoms with E-state index in [1.165, 1.54) is 39.1 Å². The number of hydrogen-bond acceptors (Lipinski definition) is 4. The minimum Gasteiger partial charge on any atom is -0.383 e. The molecule has 0 aliphatic carbocycles. The van der Waals surface area contributed by atoms with E-state index in [-0.39, 0.29) is 0 Å². The molecule has 0 saturated carbocycles. The molecule has 0 amide bonds. The maximum Gasteiger partial charge on any atom is 0.0587 e. The van der Waals surface area contributed by atoms with Crippen molar-refractivity contribution in [3.8, 4) is 0 Å². The lowest BCUT2D eigenvalue weighted by Crippen LogP contribution is -2.45. The molecule has 0 aromatic heterocycles. The highest BCUT2D eigenvalue weighted by molar-refractivity contribution is 4.69. The van der Waals surface area contributed by atoms with Gasteiger partial charge >= 0.3 is 0 Å². The SMILES string of the molecule is COCCNCCCN1CCN(C)CC1. The summed E-state index contributed by atoms with van der Waals surface area (Å²) in [5.74, 6) is 0. The van der Waals surface area contributed by atoms with Crippen LogP contribution >= 0.6 is 0 Å². The molecule has 0 unspecified atom stereocenters. The van der Waals surface area contributed by atoms with Crippen LogP contribution in [-0.2, 0) is 4.74 Å². The summed E-state index contributed by atoms with van der Waals surface area (Å²) in [6.07, 6.45) is 1.24. The van der Waals surface area contributed by atoms with Crippen molar-refractivity contribution in [1.29, 1.82) is 0 Å². The molecule has 4 nitrogen and oxygen atoms in total. The number of ether oxygens (including phenoxy) is 1. The van der Waals surface area contributed by atoms with Gasteiger partial charge in [-0.3, -0.25) is 0 Å². The van der Waals surface area contributed by atoms with Crippen LogP contribution in [0.25, 0.3) is 0 Å². The van der Waals surface area contributed by atoms with Gasteiger partial charge in [-0.2, -0.15) is 0 Å². The Balaban J connectivity index is 1.87. The van der Waals surface area contributed by atoms with Crippen LogP contribution in [0, 0.1) is 0 Å². The lowest BCUT2D eigenvalue weighted by molar-refractivity contribution is 0.152. The Morgan fingerprint density at radius 3 is 2.53 bits per heavy atom. The van der Waals surface area contributed by atoms with Crippen molar-refractivity contribution >= 4 is 0 Å². The number of piperazine rings is 1. The number of nitrogens with zero attached hydrogens (tertiary/aromatic N) is 2. The predicted octanol–water partition coefficient (Wildman–Crippen LogP) is -0.140. The highest BCUT2D eigenvalue weighted by Gasteiger charge is 2.12. The van der Waals surface area contributed by atoms with E-state index in [0.717, 1.165) is 19.7 Å². The van der Waals surface area contributed by atoms with Crippen LogP contribution in [0.1, 0.15) is 6.42 Å². The summed E-state index contributed by atoms with van der Waals surface area (Å²) in [6.45, 7) is 9.02. The van der Waals surface area contributed by atoms with Crippen LogP contribution in [0.5, 0.6) is 0 Å². The molecule has 0 aromatic carbocycles. The fraction of sp³-hybridized carbons (Fsp3) is 1.00. The third-order valence-corrected chi connectivity index (χ3v) is 2.91. The monoisotopic (exact) mass is 215 g/mol. The molecule has 1 heterocycles. The van der Waals surface area contributed by atoms with E-state index < -0.39 is 0 Å². The molecule has 0 spiro atoms. The van der Waals surface area contributed by atoms with Crippen LogP contribution in [0.2, 0.25) is 0 Å². The average Bonchev–Trinajstić information content (AvgIpc) is 2.26. The van der Waals surface area contributed by atoms with E-state index in [1.807, 2.05) is 0 Å². The van der Waals surface area contributed by atoms with E-state index >= 15 is 0 Å². The average molecular weight is 215 g/mol. The number of hydrogen-bond donors (Lipinski definition) is 1. The molecule has 1 rings (SSSR count). The molecule has 0 atom stereocenters. The third kappa shape index (κ3) is 6.10. The zero-order valence-electron chi connectivity index (χ0n) is 10.2. The molecule has 1 saturated heterocycles. The molecule has 90 valence electrons. The van der Waals surface area contributed by atoms with Crippen LogP contribution < -0.4 is 5.32 Å². The van der Waals surface area contributed by atoms with Crippen molar-refractivity contribution < 1.29 is 4.74 Å². The van der Waals surface area contributed by atoms with Gasteiger partial charge in [0.05, 0.1) is 6.61 Å². The van der Waals surface area contributed by atoms with Gasteiger partial charge in [-0.05, 0) is 26.6 Å². The van der Waals surface area contributed by atoms with Crippen molar-refractivity contribution in [2.24, 2.45) is 0 Å². The molecule has 0 radical (unpaired) electrons. The zero-order valence-corrected chi connectivity index (χ0v) is 10.2. The molecule has 1 aliphatic heterocycles. The topological polar surface area (TPSA) is 27.7 Å². The fourth-order valence-electron chi connectivity index (χ4n) is 1.80. The van der Waals surface area contributed by atoms with Gasteiger partial charge in [0, 0.05) is 39.8 Å². The first-order valence-electron chi connectivity index (χ1n) is 5.93. The van der Waals surface area contributed by atoms with Crippen LogP contribution in [0.15, 0.2) is 0 Å². The van der Waals surface area contributed by atoms with Gasteiger partial charge in [-0.1, -0.05) is 0 Å². The molecular formula is C11H25N3O. The van der Waals surface area contributed by atoms with Crippen LogP contribution in [0.4, 0.5) is 0 Å². The second-order valence-electron chi connectivity index (χ2n) is 4.24. The first kappa shape index (κ1) is 12.9. The quantitative estimate of drug-likeness (QED) is 0.598. The summed E-state index contributed by atoms with van der Waals surface area (Å²) in [5.41, 5.74) is 0. The van der Waals surface area contributed by atoms with Crippen LogP contribution in [0.3, 0.4) is 0 Å². The summed E-state index contributed by atoms with van der Waals surface area (Å²) in [7, 11) is 3.94. The van der Waals surface area contributed by atoms with Gasteiger partial charge in [0.15, 0.2) is 0 Å². The Hall–Kier alpha value is -0.160. The van der Waals surface area contributed by atoms with Crippen molar-refractivity contribution in [3.63, 3.8) is 0 Å². The Morgan fingerprint density at radius 1 is 1.13 bits per heavy atom. The van der Waals surface area contributed by atoms with Gasteiger partial charge in [-0.15, -0.1) is 0 Å². The first-order chi connectivity index (χ1) is 7.33. The molecule has 1 aliphatic rings. The maximum absolute atomic E-state index is 4.97. The van der Waals surface area contributed by atoms with Gasteiger partial charge in [0.1, 0.15) is 0 Å². The molecule has 1 N–H and O–H groups in total. The Morgan fingerprint density at radius 2 is 1.87 bits per heavy atom. The minimum atomic E-state index is 0.814. The fourth-order valence-corrected chi connectivity index (χ4v) is 1.80. The van der Waals surface area contributed by atoms with Crippen molar-refractivity contribution in [2.75, 3.05) is 66.6 Å². The molecule has 0 aromatic rings. The van der Waals surface area contributed by atoms with Crippen molar-refractivity contribution in [1.82, 2.24) is 15.1 Å². The molecule has 0 bridgehead atoms. The molecule has 15 heavy (non-hydrogen) atoms. The predicted molar refractivity (Wildman–Crippen MR) is 63.3 cm³/mol. The summed E-state index contributed by atoms with van der Waals surface area (Å²) >= 11 is 0. The number of likely N-dealkylation sites (N-methyl/N-ethyl adjacent to an activating group) is 1. The van der Waals surface area contributed by atoms with Gasteiger partial charge in [-0.25, -0.2) is 0 Å². The highest BCUT2D eigenvalue weighted by atomic mass is 16.5. The second-order valence-corrected chi connectivity index (χ2v) is 4.24. The summed E-state index contributed by atoms with van der Waals surface area (Å²) in [4.78, 5) is 4.95. The molecule has 4 heteroatoms. The summed E-state index contributed by atoms with van der Waals surface area (Å²) in [6, 6.07) is 0. The number of nitrogens with one attached hydrogen (secondary N) is 1. The molecule has 1 fully saturated rings. The Bertz CT molecular complexity index is 147. The van der Waals surface area contributed by atoms with Gasteiger partial charge in [0.2, 0.25) is 0 Å². The van der Waals surface area contributed by atoms with Gasteiger partial charge in [0.25, 0.3) is 0 Å². The number of rotatable bonds is 7. The minimum absolute atomic E-state index is 0.814. The van der Waals surface area contributed by atoms with E-state index in [4.69, 9.17) is 4.74 Å². The zero-order chi connectivity index (χ0) is 10.9. The lowest BCUT2D eigenvalue weighted by Gasteiger charge is -2.32. The van der Waals surface area contributed by atoms with Crippen LogP contribution in [-0.4, -0.2) is 76.4 Å². The van der Waals surface area contributed by atoms with Gasteiger partial charge < -0.3 is 19.9 Å². The summed E-state index contributed by atoms with van der Waals surface area (Å²) in [5, 5.41) is 3.37. The van der Waals surface area contributed by atoms with E-state index in [2.05, 4.69) is 22.2 Å². The van der Waals surface area contributed by atoms with E-state index in [9.17, 15) is 0 Å². The Labute approximate surface area is 93.6 Å². The summed E-state index contributed by atoms with van der Waals surface area (Å²) < 4.78 is 4.97. The van der Waals surface area contributed by atoms with Crippen molar-refractivity contribution in [2.45, 2.75) is 6.42 Å². The highest BCUT2D eigenvalue weighted by Crippen LogP contribution is 1.99. The Kier molecular flexibility index (Phi) is 6.92. The second kappa shape index (κ2) is 8.05. The molecular weight excluding hydrogens is 190 g/mol. The van der Waals surface area contributed by atoms with E-state index in [0.29, 0.717) is 0 Å². The largest absolute Gasteiger partial charge is 0.383 e. The van der Waals surface area contributed by atoms with Crippen molar-refractivity contribution in [3.05, 3.63) is 0 Å². The first-order valence-corrected chi connectivity index (χ1v) is 5.93. The third-order valence-electron chi connectivity index (χ3n) is 2.91.